The SMILES string of the molecule is CCS(=O)(=O)c1ccc(N=Nc2ccc3c(N=Nc4ccc(S(=O)(=O)CC)cc4C)c(N)ccc3c2O)cc1. The van der Waals surface area contributed by atoms with Crippen LogP contribution in [0.3, 0.4) is 0 Å². The monoisotopic (exact) mass is 565 g/mol. The third-order valence-electron chi connectivity index (χ3n) is 6.17. The summed E-state index contributed by atoms with van der Waals surface area (Å²) in [6.45, 7) is 4.91. The van der Waals surface area contributed by atoms with Gasteiger partial charge in [-0.3, -0.25) is 0 Å². The fourth-order valence-electron chi connectivity index (χ4n) is 3.77. The van der Waals surface area contributed by atoms with Gasteiger partial charge in [-0.25, -0.2) is 16.8 Å². The largest absolute Gasteiger partial charge is 0.505 e. The van der Waals surface area contributed by atoms with Gasteiger partial charge in [-0.2, -0.15) is 10.2 Å². The van der Waals surface area contributed by atoms with Crippen LogP contribution in [-0.4, -0.2) is 33.4 Å². The Morgan fingerprint density at radius 1 is 0.692 bits per heavy atom. The van der Waals surface area contributed by atoms with Crippen molar-refractivity contribution >= 4 is 58.9 Å². The van der Waals surface area contributed by atoms with Gasteiger partial charge in [0.05, 0.1) is 38.4 Å². The van der Waals surface area contributed by atoms with Gasteiger partial charge in [0.2, 0.25) is 0 Å². The first kappa shape index (κ1) is 27.9. The molecule has 0 saturated heterocycles. The van der Waals surface area contributed by atoms with E-state index in [1.807, 2.05) is 0 Å². The first-order valence-corrected chi connectivity index (χ1v) is 15.3. The molecule has 0 aliphatic heterocycles. The smallest absolute Gasteiger partial charge is 0.178 e. The van der Waals surface area contributed by atoms with E-state index >= 15 is 0 Å². The minimum atomic E-state index is -3.34. The highest BCUT2D eigenvalue weighted by atomic mass is 32.2. The van der Waals surface area contributed by atoms with Crippen LogP contribution in [-0.2, 0) is 19.7 Å². The summed E-state index contributed by atoms with van der Waals surface area (Å²) in [6, 6.07) is 17.1. The molecule has 0 fully saturated rings. The van der Waals surface area contributed by atoms with E-state index in [2.05, 4.69) is 20.5 Å². The van der Waals surface area contributed by atoms with Crippen molar-refractivity contribution in [2.45, 2.75) is 30.6 Å². The molecule has 0 saturated carbocycles. The standard InChI is InChI=1S/C27H27N5O5S2/c1-4-38(34,35)19-8-6-18(7-9-19)29-31-25-15-12-21-22(27(25)33)11-13-23(28)26(21)32-30-24-14-10-20(16-17(24)3)39(36,37)5-2/h6-16,33H,4-5,28H2,1-3H3. The summed E-state index contributed by atoms with van der Waals surface area (Å²) in [5, 5.41) is 28.7. The summed E-state index contributed by atoms with van der Waals surface area (Å²) >= 11 is 0. The zero-order valence-electron chi connectivity index (χ0n) is 21.5. The first-order valence-electron chi connectivity index (χ1n) is 12.0. The minimum absolute atomic E-state index is 0.0000664. The predicted octanol–water partition coefficient (Wildman–Crippen LogP) is 6.85. The molecule has 4 aromatic carbocycles. The van der Waals surface area contributed by atoms with E-state index in [4.69, 9.17) is 5.73 Å². The molecule has 4 aromatic rings. The molecule has 0 heterocycles. The third-order valence-corrected chi connectivity index (χ3v) is 9.65. The molecular formula is C27H27N5O5S2. The fourth-order valence-corrected chi connectivity index (χ4v) is 5.62. The van der Waals surface area contributed by atoms with Crippen molar-refractivity contribution < 1.29 is 21.9 Å². The summed E-state index contributed by atoms with van der Waals surface area (Å²) in [4.78, 5) is 0.425. The molecule has 39 heavy (non-hydrogen) atoms. The summed E-state index contributed by atoms with van der Waals surface area (Å²) in [7, 11) is -6.66. The van der Waals surface area contributed by atoms with Crippen molar-refractivity contribution in [3.05, 3.63) is 72.3 Å². The van der Waals surface area contributed by atoms with E-state index in [-0.39, 0.29) is 32.7 Å². The molecule has 0 aliphatic carbocycles. The van der Waals surface area contributed by atoms with E-state index in [1.165, 1.54) is 30.3 Å². The van der Waals surface area contributed by atoms with E-state index in [9.17, 15) is 21.9 Å². The lowest BCUT2D eigenvalue weighted by molar-refractivity contribution is 0.482. The lowest BCUT2D eigenvalue weighted by Gasteiger charge is -2.09. The van der Waals surface area contributed by atoms with Crippen LogP contribution in [0.5, 0.6) is 5.75 Å². The topological polar surface area (TPSA) is 164 Å². The number of nitrogens with two attached hydrogens (primary N) is 1. The molecule has 10 nitrogen and oxygen atoms in total. The molecule has 0 atom stereocenters. The van der Waals surface area contributed by atoms with Gasteiger partial charge in [0.1, 0.15) is 11.4 Å². The molecule has 0 unspecified atom stereocenters. The number of sulfone groups is 2. The van der Waals surface area contributed by atoms with Crippen molar-refractivity contribution in [3.8, 4) is 5.75 Å². The third kappa shape index (κ3) is 5.81. The van der Waals surface area contributed by atoms with Crippen molar-refractivity contribution in [1.82, 2.24) is 0 Å². The number of phenolic OH excluding ortho intramolecular Hbond substituents is 1. The number of anilines is 1. The molecule has 0 radical (unpaired) electrons. The van der Waals surface area contributed by atoms with Gasteiger partial charge in [-0.15, -0.1) is 10.2 Å². The van der Waals surface area contributed by atoms with E-state index in [0.29, 0.717) is 39.1 Å². The van der Waals surface area contributed by atoms with E-state index in [1.54, 1.807) is 57.2 Å². The molecule has 0 spiro atoms. The van der Waals surface area contributed by atoms with E-state index < -0.39 is 19.7 Å². The van der Waals surface area contributed by atoms with Gasteiger partial charge in [0.15, 0.2) is 25.4 Å². The summed E-state index contributed by atoms with van der Waals surface area (Å²) in [5.41, 5.74) is 8.58. The Morgan fingerprint density at radius 2 is 1.26 bits per heavy atom. The molecule has 0 amide bonds. The molecule has 4 rings (SSSR count). The van der Waals surface area contributed by atoms with Crippen LogP contribution in [0.4, 0.5) is 28.4 Å². The van der Waals surface area contributed by atoms with Crippen molar-refractivity contribution in [2.24, 2.45) is 20.5 Å². The minimum Gasteiger partial charge on any atom is -0.505 e. The predicted molar refractivity (Wildman–Crippen MR) is 151 cm³/mol. The number of rotatable bonds is 8. The van der Waals surface area contributed by atoms with Crippen LogP contribution in [0.2, 0.25) is 0 Å². The number of azo groups is 2. The molecule has 202 valence electrons. The highest BCUT2D eigenvalue weighted by Crippen LogP contribution is 2.42. The molecular weight excluding hydrogens is 538 g/mol. The average molecular weight is 566 g/mol. The fraction of sp³-hybridized carbons (Fsp3) is 0.185. The second kappa shape index (κ2) is 10.9. The molecule has 0 aromatic heterocycles. The number of phenols is 1. The van der Waals surface area contributed by atoms with Gasteiger partial charge < -0.3 is 10.8 Å². The Hall–Kier alpha value is -4.16. The van der Waals surface area contributed by atoms with Crippen LogP contribution in [0.1, 0.15) is 19.4 Å². The van der Waals surface area contributed by atoms with Crippen molar-refractivity contribution in [3.63, 3.8) is 0 Å². The zero-order chi connectivity index (χ0) is 28.4. The average Bonchev–Trinajstić information content (AvgIpc) is 2.93. The van der Waals surface area contributed by atoms with Crippen molar-refractivity contribution in [1.29, 1.82) is 0 Å². The van der Waals surface area contributed by atoms with Gasteiger partial charge >= 0.3 is 0 Å². The second-order valence-corrected chi connectivity index (χ2v) is 13.2. The zero-order valence-corrected chi connectivity index (χ0v) is 23.2. The maximum Gasteiger partial charge on any atom is 0.178 e. The maximum absolute atomic E-state index is 12.2. The van der Waals surface area contributed by atoms with E-state index in [0.717, 1.165) is 0 Å². The van der Waals surface area contributed by atoms with Crippen LogP contribution in [0, 0.1) is 6.92 Å². The summed E-state index contributed by atoms with van der Waals surface area (Å²) < 4.78 is 48.3. The molecule has 0 aliphatic rings. The van der Waals surface area contributed by atoms with Crippen LogP contribution in [0.15, 0.2) is 97.0 Å². The number of benzene rings is 4. The van der Waals surface area contributed by atoms with Gasteiger partial charge in [0, 0.05) is 10.8 Å². The van der Waals surface area contributed by atoms with Crippen LogP contribution >= 0.6 is 0 Å². The van der Waals surface area contributed by atoms with Crippen LogP contribution in [0.25, 0.3) is 10.8 Å². The number of fused-ring (bicyclic) bond motifs is 1. The normalized spacial score (nSPS) is 12.6. The van der Waals surface area contributed by atoms with Gasteiger partial charge in [-0.1, -0.05) is 13.8 Å². The Bertz CT molecular complexity index is 1830. The molecule has 3 N–H and O–H groups in total. The number of nitrogens with zero attached hydrogens (tertiary/aromatic N) is 4. The lowest BCUT2D eigenvalue weighted by Crippen LogP contribution is -2.03. The number of hydrogen-bond donors (Lipinski definition) is 2. The highest BCUT2D eigenvalue weighted by Gasteiger charge is 2.15. The van der Waals surface area contributed by atoms with Gasteiger partial charge in [-0.05, 0) is 79.2 Å². The number of hydrogen-bond acceptors (Lipinski definition) is 10. The quantitative estimate of drug-likeness (QED) is 0.175. The first-order chi connectivity index (χ1) is 18.5. The Morgan fingerprint density at radius 3 is 1.90 bits per heavy atom. The summed E-state index contributed by atoms with van der Waals surface area (Å²) in [5.74, 6) is -0.135. The Labute approximate surface area is 226 Å². The number of nitrogen functional groups attached to an aromatic ring is 1. The second-order valence-electron chi connectivity index (χ2n) is 8.68. The van der Waals surface area contributed by atoms with Crippen molar-refractivity contribution in [2.75, 3.05) is 17.2 Å². The number of aryl methyl sites for hydroxylation is 1. The lowest BCUT2D eigenvalue weighted by atomic mass is 10.1. The Balaban J connectivity index is 1.65. The number of aromatic hydroxyl groups is 1. The van der Waals surface area contributed by atoms with Gasteiger partial charge in [0.25, 0.3) is 0 Å². The maximum atomic E-state index is 12.2. The molecule has 0 bridgehead atoms. The molecule has 12 heteroatoms. The van der Waals surface area contributed by atoms with Crippen LogP contribution < -0.4 is 5.73 Å². The summed E-state index contributed by atoms with van der Waals surface area (Å²) in [6.07, 6.45) is 0. The highest BCUT2D eigenvalue weighted by molar-refractivity contribution is 7.91. The Kier molecular flexibility index (Phi) is 7.79.